The molecule has 0 saturated carbocycles. The standard InChI is InChI=1S/C10H11NO3S/c12-9-3-8(10(13)14)5-11(9)4-7-1-2-15-6-7/h1-2,6,8H,3-5H2,(H,13,14)/t8-/m0/s1. The van der Waals surface area contributed by atoms with Crippen LogP contribution >= 0.6 is 11.3 Å². The fourth-order valence-corrected chi connectivity index (χ4v) is 2.35. The number of hydrogen-bond acceptors (Lipinski definition) is 3. The van der Waals surface area contributed by atoms with E-state index in [4.69, 9.17) is 5.11 Å². The van der Waals surface area contributed by atoms with Crippen LogP contribution in [0.25, 0.3) is 0 Å². The Labute approximate surface area is 91.1 Å². The maximum atomic E-state index is 11.5. The Balaban J connectivity index is 2.00. The van der Waals surface area contributed by atoms with Gasteiger partial charge in [0.1, 0.15) is 0 Å². The zero-order valence-electron chi connectivity index (χ0n) is 8.05. The zero-order chi connectivity index (χ0) is 10.8. The molecule has 1 N–H and O–H groups in total. The molecule has 1 aliphatic rings. The molecule has 5 heteroatoms. The molecule has 1 aromatic rings. The lowest BCUT2D eigenvalue weighted by atomic mass is 10.1. The first kappa shape index (κ1) is 10.2. The Kier molecular flexibility index (Phi) is 2.73. The van der Waals surface area contributed by atoms with Crippen molar-refractivity contribution in [2.24, 2.45) is 5.92 Å². The molecule has 0 spiro atoms. The maximum Gasteiger partial charge on any atom is 0.308 e. The van der Waals surface area contributed by atoms with E-state index in [9.17, 15) is 9.59 Å². The van der Waals surface area contributed by atoms with Gasteiger partial charge in [0.2, 0.25) is 5.91 Å². The molecule has 0 bridgehead atoms. The minimum absolute atomic E-state index is 0.0615. The van der Waals surface area contributed by atoms with Crippen LogP contribution in [-0.2, 0) is 16.1 Å². The van der Waals surface area contributed by atoms with E-state index in [-0.39, 0.29) is 12.3 Å². The fraction of sp³-hybridized carbons (Fsp3) is 0.400. The molecule has 1 fully saturated rings. The van der Waals surface area contributed by atoms with E-state index in [1.54, 1.807) is 16.2 Å². The number of hydrogen-bond donors (Lipinski definition) is 1. The third kappa shape index (κ3) is 2.18. The lowest BCUT2D eigenvalue weighted by molar-refractivity contribution is -0.141. The third-order valence-corrected chi connectivity index (χ3v) is 3.25. The summed E-state index contributed by atoms with van der Waals surface area (Å²) in [6.07, 6.45) is 0.138. The molecule has 0 unspecified atom stereocenters. The van der Waals surface area contributed by atoms with E-state index < -0.39 is 11.9 Å². The van der Waals surface area contributed by atoms with Crippen molar-refractivity contribution in [1.29, 1.82) is 0 Å². The summed E-state index contributed by atoms with van der Waals surface area (Å²) < 4.78 is 0. The molecule has 15 heavy (non-hydrogen) atoms. The Morgan fingerprint density at radius 2 is 2.47 bits per heavy atom. The van der Waals surface area contributed by atoms with Crippen molar-refractivity contribution in [3.05, 3.63) is 22.4 Å². The Hall–Kier alpha value is -1.36. The van der Waals surface area contributed by atoms with Crippen LogP contribution in [0.3, 0.4) is 0 Å². The number of carbonyl (C=O) groups excluding carboxylic acids is 1. The van der Waals surface area contributed by atoms with Gasteiger partial charge >= 0.3 is 5.97 Å². The highest BCUT2D eigenvalue weighted by Gasteiger charge is 2.33. The number of nitrogens with zero attached hydrogens (tertiary/aromatic N) is 1. The average Bonchev–Trinajstić information content (AvgIpc) is 2.77. The van der Waals surface area contributed by atoms with Crippen molar-refractivity contribution < 1.29 is 14.7 Å². The van der Waals surface area contributed by atoms with Gasteiger partial charge in [-0.2, -0.15) is 11.3 Å². The number of likely N-dealkylation sites (tertiary alicyclic amines) is 1. The Morgan fingerprint density at radius 3 is 3.00 bits per heavy atom. The number of amides is 1. The molecule has 2 rings (SSSR count). The van der Waals surface area contributed by atoms with Crippen LogP contribution in [0, 0.1) is 5.92 Å². The fourth-order valence-electron chi connectivity index (χ4n) is 1.69. The van der Waals surface area contributed by atoms with E-state index in [1.807, 2.05) is 16.8 Å². The molecule has 0 radical (unpaired) electrons. The first-order chi connectivity index (χ1) is 7.16. The van der Waals surface area contributed by atoms with E-state index in [1.165, 1.54) is 0 Å². The van der Waals surface area contributed by atoms with Gasteiger partial charge in [-0.25, -0.2) is 0 Å². The number of carbonyl (C=O) groups is 2. The van der Waals surface area contributed by atoms with Crippen molar-refractivity contribution in [2.75, 3.05) is 6.54 Å². The van der Waals surface area contributed by atoms with Crippen LogP contribution in [0.4, 0.5) is 0 Å². The first-order valence-corrected chi connectivity index (χ1v) is 5.63. The molecule has 1 saturated heterocycles. The van der Waals surface area contributed by atoms with Crippen molar-refractivity contribution in [3.8, 4) is 0 Å². The number of thiophene rings is 1. The van der Waals surface area contributed by atoms with Crippen molar-refractivity contribution in [1.82, 2.24) is 4.90 Å². The Morgan fingerprint density at radius 1 is 1.67 bits per heavy atom. The molecule has 1 aromatic heterocycles. The molecule has 4 nitrogen and oxygen atoms in total. The first-order valence-electron chi connectivity index (χ1n) is 4.68. The van der Waals surface area contributed by atoms with Gasteiger partial charge in [-0.05, 0) is 22.4 Å². The van der Waals surface area contributed by atoms with Crippen molar-refractivity contribution in [2.45, 2.75) is 13.0 Å². The number of carboxylic acid groups (broad SMARTS) is 1. The summed E-state index contributed by atoms with van der Waals surface area (Å²) in [5.41, 5.74) is 1.07. The largest absolute Gasteiger partial charge is 0.481 e. The monoisotopic (exact) mass is 225 g/mol. The highest BCUT2D eigenvalue weighted by molar-refractivity contribution is 7.07. The van der Waals surface area contributed by atoms with Gasteiger partial charge in [0.25, 0.3) is 0 Å². The van der Waals surface area contributed by atoms with E-state index >= 15 is 0 Å². The van der Waals surface area contributed by atoms with Gasteiger partial charge in [0.15, 0.2) is 0 Å². The summed E-state index contributed by atoms with van der Waals surface area (Å²) in [4.78, 5) is 23.8. The van der Waals surface area contributed by atoms with Gasteiger partial charge in [-0.15, -0.1) is 0 Å². The van der Waals surface area contributed by atoms with Gasteiger partial charge in [0, 0.05) is 19.5 Å². The lowest BCUT2D eigenvalue weighted by Crippen LogP contribution is -2.25. The molecule has 1 amide bonds. The molecular formula is C10H11NO3S. The second-order valence-corrected chi connectivity index (χ2v) is 4.43. The van der Waals surface area contributed by atoms with Gasteiger partial charge in [0.05, 0.1) is 5.92 Å². The summed E-state index contributed by atoms with van der Waals surface area (Å²) in [5, 5.41) is 12.7. The smallest absolute Gasteiger partial charge is 0.308 e. The molecule has 1 aliphatic heterocycles. The highest BCUT2D eigenvalue weighted by atomic mass is 32.1. The summed E-state index contributed by atoms with van der Waals surface area (Å²) in [7, 11) is 0. The molecule has 2 heterocycles. The summed E-state index contributed by atoms with van der Waals surface area (Å²) in [6.45, 7) is 0.871. The minimum atomic E-state index is -0.879. The number of carboxylic acids is 1. The summed E-state index contributed by atoms with van der Waals surface area (Å²) in [6, 6.07) is 1.95. The van der Waals surface area contributed by atoms with Crippen LogP contribution in [0.5, 0.6) is 0 Å². The van der Waals surface area contributed by atoms with Crippen LogP contribution < -0.4 is 0 Å². The van der Waals surface area contributed by atoms with E-state index in [0.29, 0.717) is 13.1 Å². The quantitative estimate of drug-likeness (QED) is 0.840. The van der Waals surface area contributed by atoms with Crippen LogP contribution in [0.2, 0.25) is 0 Å². The van der Waals surface area contributed by atoms with Crippen LogP contribution in [-0.4, -0.2) is 28.4 Å². The maximum absolute atomic E-state index is 11.5. The van der Waals surface area contributed by atoms with Crippen LogP contribution in [0.1, 0.15) is 12.0 Å². The number of aliphatic carboxylic acids is 1. The highest BCUT2D eigenvalue weighted by Crippen LogP contribution is 2.20. The van der Waals surface area contributed by atoms with E-state index in [2.05, 4.69) is 0 Å². The van der Waals surface area contributed by atoms with Gasteiger partial charge in [-0.1, -0.05) is 0 Å². The third-order valence-electron chi connectivity index (χ3n) is 2.52. The molecule has 0 aromatic carbocycles. The Bertz CT molecular complexity index is 374. The predicted octanol–water partition coefficient (Wildman–Crippen LogP) is 1.18. The second kappa shape index (κ2) is 4.02. The SMILES string of the molecule is O=C(O)[C@H]1CC(=O)N(Cc2ccsc2)C1. The second-order valence-electron chi connectivity index (χ2n) is 3.65. The van der Waals surface area contributed by atoms with Crippen molar-refractivity contribution >= 4 is 23.2 Å². The lowest BCUT2D eigenvalue weighted by Gasteiger charge is -2.14. The van der Waals surface area contributed by atoms with Gasteiger partial charge < -0.3 is 10.0 Å². The zero-order valence-corrected chi connectivity index (χ0v) is 8.87. The number of rotatable bonds is 3. The minimum Gasteiger partial charge on any atom is -0.481 e. The molecule has 1 atom stereocenters. The average molecular weight is 225 g/mol. The molecule has 80 valence electrons. The topological polar surface area (TPSA) is 57.6 Å². The summed E-state index contributed by atoms with van der Waals surface area (Å²) in [5.74, 6) is -1.47. The molecular weight excluding hydrogens is 214 g/mol. The van der Waals surface area contributed by atoms with Crippen molar-refractivity contribution in [3.63, 3.8) is 0 Å². The normalized spacial score (nSPS) is 20.9. The summed E-state index contributed by atoms with van der Waals surface area (Å²) >= 11 is 1.58. The van der Waals surface area contributed by atoms with E-state index in [0.717, 1.165) is 5.56 Å². The van der Waals surface area contributed by atoms with Gasteiger partial charge in [-0.3, -0.25) is 9.59 Å². The van der Waals surface area contributed by atoms with Crippen LogP contribution in [0.15, 0.2) is 16.8 Å². The molecule has 0 aliphatic carbocycles. The predicted molar refractivity (Wildman–Crippen MR) is 55.5 cm³/mol.